The molecule has 8 nitrogen and oxygen atoms in total. The normalized spacial score (nSPS) is 17.9. The second-order valence-corrected chi connectivity index (χ2v) is 7.42. The third-order valence-corrected chi connectivity index (χ3v) is 5.25. The lowest BCUT2D eigenvalue weighted by molar-refractivity contribution is 0.477. The van der Waals surface area contributed by atoms with Gasteiger partial charge >= 0.3 is 0 Å². The van der Waals surface area contributed by atoms with Crippen LogP contribution >= 0.6 is 0 Å². The summed E-state index contributed by atoms with van der Waals surface area (Å²) < 4.78 is 1.86. The summed E-state index contributed by atoms with van der Waals surface area (Å²) in [4.78, 5) is 13.4. The van der Waals surface area contributed by atoms with E-state index < -0.39 is 0 Å². The molecule has 3 N–H and O–H groups in total. The molecule has 0 aromatic carbocycles. The number of fused-ring (bicyclic) bond motifs is 1. The first kappa shape index (κ1) is 16.4. The van der Waals surface area contributed by atoms with Crippen molar-refractivity contribution >= 4 is 17.4 Å². The van der Waals surface area contributed by atoms with Crippen LogP contribution in [0.3, 0.4) is 0 Å². The molecule has 4 heterocycles. The van der Waals surface area contributed by atoms with Crippen molar-refractivity contribution in [1.29, 1.82) is 0 Å². The van der Waals surface area contributed by atoms with Crippen LogP contribution < -0.4 is 16.0 Å². The molecule has 2 aliphatic rings. The van der Waals surface area contributed by atoms with E-state index >= 15 is 0 Å². The molecule has 3 aromatic heterocycles. The topological polar surface area (TPSA) is 92.1 Å². The van der Waals surface area contributed by atoms with Crippen LogP contribution in [0.4, 0.5) is 11.8 Å². The van der Waals surface area contributed by atoms with Gasteiger partial charge in [0.2, 0.25) is 5.95 Å². The minimum absolute atomic E-state index is 0.461. The Labute approximate surface area is 157 Å². The number of hydrogen-bond acceptors (Lipinski definition) is 7. The van der Waals surface area contributed by atoms with E-state index in [2.05, 4.69) is 30.9 Å². The Kier molecular flexibility index (Phi) is 4.33. The Balaban J connectivity index is 1.36. The highest BCUT2D eigenvalue weighted by Gasteiger charge is 2.21. The van der Waals surface area contributed by atoms with E-state index in [0.29, 0.717) is 12.0 Å². The van der Waals surface area contributed by atoms with Crippen molar-refractivity contribution < 1.29 is 0 Å². The first-order valence-corrected chi connectivity index (χ1v) is 9.73. The Morgan fingerprint density at radius 1 is 1.00 bits per heavy atom. The summed E-state index contributed by atoms with van der Waals surface area (Å²) in [5.74, 6) is 2.35. The summed E-state index contributed by atoms with van der Waals surface area (Å²) in [6.45, 7) is 3.06. The van der Waals surface area contributed by atoms with E-state index in [9.17, 15) is 0 Å². The second kappa shape index (κ2) is 7.11. The lowest BCUT2D eigenvalue weighted by Gasteiger charge is -2.24. The standard InChI is InChI=1S/C19H24N8/c1-2-13(1)9-22-19-23-10-14(11-24-19)16-12-21-18-4-3-17(26-27(16)18)25-15-5-7-20-8-6-15/h3-4,10-13,15,20H,1-2,5-9H2,(H,25,26)(H,22,23,24). The molecule has 5 rings (SSSR count). The lowest BCUT2D eigenvalue weighted by atomic mass is 10.1. The minimum atomic E-state index is 0.461. The van der Waals surface area contributed by atoms with Gasteiger partial charge < -0.3 is 16.0 Å². The van der Waals surface area contributed by atoms with Gasteiger partial charge in [0.25, 0.3) is 0 Å². The fourth-order valence-electron chi connectivity index (χ4n) is 3.43. The maximum atomic E-state index is 4.75. The van der Waals surface area contributed by atoms with Gasteiger partial charge in [-0.15, -0.1) is 5.10 Å². The number of hydrogen-bond donors (Lipinski definition) is 3. The van der Waals surface area contributed by atoms with Gasteiger partial charge in [-0.05, 0) is 56.8 Å². The summed E-state index contributed by atoms with van der Waals surface area (Å²) in [6, 6.07) is 4.45. The average molecular weight is 364 g/mol. The highest BCUT2D eigenvalue weighted by Crippen LogP contribution is 2.28. The molecule has 0 amide bonds. The number of nitrogens with zero attached hydrogens (tertiary/aromatic N) is 5. The molecule has 0 spiro atoms. The van der Waals surface area contributed by atoms with Crippen molar-refractivity contribution in [2.45, 2.75) is 31.7 Å². The smallest absolute Gasteiger partial charge is 0.222 e. The average Bonchev–Trinajstić information content (AvgIpc) is 3.45. The molecule has 1 saturated heterocycles. The molecule has 1 aliphatic carbocycles. The molecule has 0 unspecified atom stereocenters. The highest BCUT2D eigenvalue weighted by molar-refractivity contribution is 5.62. The summed E-state index contributed by atoms with van der Waals surface area (Å²) in [5.41, 5.74) is 2.62. The molecule has 0 radical (unpaired) electrons. The molecule has 8 heteroatoms. The fraction of sp³-hybridized carbons (Fsp3) is 0.474. The molecule has 0 atom stereocenters. The van der Waals surface area contributed by atoms with Gasteiger partial charge in [-0.2, -0.15) is 0 Å². The van der Waals surface area contributed by atoms with Crippen molar-refractivity contribution in [3.05, 3.63) is 30.7 Å². The lowest BCUT2D eigenvalue weighted by Crippen LogP contribution is -2.35. The van der Waals surface area contributed by atoms with Crippen LogP contribution in [0.5, 0.6) is 0 Å². The van der Waals surface area contributed by atoms with Crippen LogP contribution in [-0.2, 0) is 0 Å². The van der Waals surface area contributed by atoms with Gasteiger partial charge in [0, 0.05) is 30.5 Å². The Hall–Kier alpha value is -2.74. The Bertz CT molecular complexity index is 909. The van der Waals surface area contributed by atoms with Crippen LogP contribution in [0.2, 0.25) is 0 Å². The molecule has 1 aliphatic heterocycles. The van der Waals surface area contributed by atoms with Gasteiger partial charge in [0.05, 0.1) is 11.9 Å². The van der Waals surface area contributed by atoms with Gasteiger partial charge in [0.15, 0.2) is 5.65 Å². The monoisotopic (exact) mass is 364 g/mol. The zero-order valence-electron chi connectivity index (χ0n) is 15.2. The maximum absolute atomic E-state index is 4.75. The third kappa shape index (κ3) is 3.71. The van der Waals surface area contributed by atoms with Crippen LogP contribution in [0.15, 0.2) is 30.7 Å². The number of piperidine rings is 1. The number of anilines is 2. The van der Waals surface area contributed by atoms with Gasteiger partial charge in [0.1, 0.15) is 5.82 Å². The van der Waals surface area contributed by atoms with E-state index in [1.807, 2.05) is 35.2 Å². The van der Waals surface area contributed by atoms with Gasteiger partial charge in [-0.3, -0.25) is 0 Å². The molecule has 140 valence electrons. The fourth-order valence-corrected chi connectivity index (χ4v) is 3.43. The number of rotatable bonds is 6. The maximum Gasteiger partial charge on any atom is 0.222 e. The summed E-state index contributed by atoms with van der Waals surface area (Å²) >= 11 is 0. The summed E-state index contributed by atoms with van der Waals surface area (Å²) in [6.07, 6.45) is 10.3. The molecule has 1 saturated carbocycles. The molecule has 27 heavy (non-hydrogen) atoms. The Morgan fingerprint density at radius 2 is 1.81 bits per heavy atom. The van der Waals surface area contributed by atoms with E-state index in [0.717, 1.165) is 61.1 Å². The van der Waals surface area contributed by atoms with Gasteiger partial charge in [-0.1, -0.05) is 0 Å². The molecular formula is C19H24N8. The van der Waals surface area contributed by atoms with E-state index in [-0.39, 0.29) is 0 Å². The van der Waals surface area contributed by atoms with Crippen molar-refractivity contribution in [3.63, 3.8) is 0 Å². The molecule has 3 aromatic rings. The third-order valence-electron chi connectivity index (χ3n) is 5.25. The predicted molar refractivity (Wildman–Crippen MR) is 105 cm³/mol. The van der Waals surface area contributed by atoms with E-state index in [4.69, 9.17) is 5.10 Å². The SMILES string of the molecule is c1nc(NCC2CC2)ncc1-c1cnc2ccc(NC3CCNCC3)nn12. The van der Waals surface area contributed by atoms with E-state index in [1.54, 1.807) is 0 Å². The number of imidazole rings is 1. The van der Waals surface area contributed by atoms with Crippen LogP contribution in [0.1, 0.15) is 25.7 Å². The van der Waals surface area contributed by atoms with Crippen LogP contribution in [0.25, 0.3) is 16.9 Å². The molecular weight excluding hydrogens is 340 g/mol. The summed E-state index contributed by atoms with van der Waals surface area (Å²) in [5, 5.41) is 15.0. The zero-order valence-corrected chi connectivity index (χ0v) is 15.2. The van der Waals surface area contributed by atoms with Crippen molar-refractivity contribution in [2.24, 2.45) is 5.92 Å². The Morgan fingerprint density at radius 3 is 2.59 bits per heavy atom. The second-order valence-electron chi connectivity index (χ2n) is 7.42. The van der Waals surface area contributed by atoms with E-state index in [1.165, 1.54) is 12.8 Å². The minimum Gasteiger partial charge on any atom is -0.366 e. The van der Waals surface area contributed by atoms with Crippen LogP contribution in [-0.4, -0.2) is 50.2 Å². The largest absolute Gasteiger partial charge is 0.366 e. The van der Waals surface area contributed by atoms with Crippen molar-refractivity contribution in [3.8, 4) is 11.3 Å². The number of aromatic nitrogens is 5. The predicted octanol–water partition coefficient (Wildman–Crippen LogP) is 2.17. The van der Waals surface area contributed by atoms with Gasteiger partial charge in [-0.25, -0.2) is 19.5 Å². The highest BCUT2D eigenvalue weighted by atomic mass is 15.3. The zero-order chi connectivity index (χ0) is 18.1. The van der Waals surface area contributed by atoms with Crippen LogP contribution in [0, 0.1) is 5.92 Å². The molecule has 0 bridgehead atoms. The first-order chi connectivity index (χ1) is 13.3. The first-order valence-electron chi connectivity index (χ1n) is 9.73. The molecule has 2 fully saturated rings. The van der Waals surface area contributed by atoms with Crippen molar-refractivity contribution in [2.75, 3.05) is 30.3 Å². The number of nitrogens with one attached hydrogen (secondary N) is 3. The summed E-state index contributed by atoms with van der Waals surface area (Å²) in [7, 11) is 0. The quantitative estimate of drug-likeness (QED) is 0.617. The van der Waals surface area contributed by atoms with Crippen molar-refractivity contribution in [1.82, 2.24) is 29.9 Å².